The van der Waals surface area contributed by atoms with E-state index in [2.05, 4.69) is 20.5 Å². The summed E-state index contributed by atoms with van der Waals surface area (Å²) in [6.45, 7) is 7.68. The number of hydrogen-bond donors (Lipinski definition) is 2. The van der Waals surface area contributed by atoms with Gasteiger partial charge < -0.3 is 20.3 Å². The highest BCUT2D eigenvalue weighted by Gasteiger charge is 2.28. The van der Waals surface area contributed by atoms with E-state index in [-0.39, 0.29) is 17.8 Å². The van der Waals surface area contributed by atoms with Crippen LogP contribution in [-0.2, 0) is 14.3 Å². The van der Waals surface area contributed by atoms with Crippen molar-refractivity contribution in [3.05, 3.63) is 0 Å². The number of nitrogens with one attached hydrogen (secondary N) is 2. The molecule has 0 aromatic heterocycles. The van der Waals surface area contributed by atoms with E-state index < -0.39 is 0 Å². The SMILES string of the molecule is CCNC(=NCCNC(=O)CC1CCCC1)N1CCCC(C(=O)OCC)C1. The number of hydrogen-bond acceptors (Lipinski definition) is 4. The fraction of sp³-hybridized carbons (Fsp3) is 0.850. The molecule has 1 unspecified atom stereocenters. The molecule has 2 fully saturated rings. The summed E-state index contributed by atoms with van der Waals surface area (Å²) in [5.74, 6) is 1.32. The minimum Gasteiger partial charge on any atom is -0.466 e. The molecule has 1 atom stereocenters. The van der Waals surface area contributed by atoms with Crippen LogP contribution >= 0.6 is 0 Å². The summed E-state index contributed by atoms with van der Waals surface area (Å²) in [5, 5.41) is 6.29. The topological polar surface area (TPSA) is 83.0 Å². The van der Waals surface area contributed by atoms with Crippen molar-refractivity contribution in [3.63, 3.8) is 0 Å². The van der Waals surface area contributed by atoms with E-state index in [4.69, 9.17) is 4.74 Å². The van der Waals surface area contributed by atoms with Gasteiger partial charge in [0.05, 0.1) is 19.1 Å². The van der Waals surface area contributed by atoms with Crippen molar-refractivity contribution in [2.45, 2.75) is 58.8 Å². The third kappa shape index (κ3) is 7.39. The van der Waals surface area contributed by atoms with Crippen molar-refractivity contribution >= 4 is 17.8 Å². The van der Waals surface area contributed by atoms with E-state index in [0.29, 0.717) is 38.6 Å². The Morgan fingerprint density at radius 2 is 1.89 bits per heavy atom. The number of carbonyl (C=O) groups excluding carboxylic acids is 2. The van der Waals surface area contributed by atoms with Gasteiger partial charge in [0.2, 0.25) is 5.91 Å². The Bertz CT molecular complexity index is 503. The van der Waals surface area contributed by atoms with Crippen molar-refractivity contribution in [2.24, 2.45) is 16.8 Å². The van der Waals surface area contributed by atoms with Crippen LogP contribution < -0.4 is 10.6 Å². The van der Waals surface area contributed by atoms with Gasteiger partial charge in [0, 0.05) is 32.6 Å². The number of guanidine groups is 1. The van der Waals surface area contributed by atoms with Gasteiger partial charge >= 0.3 is 5.97 Å². The van der Waals surface area contributed by atoms with Crippen LogP contribution in [0.15, 0.2) is 4.99 Å². The van der Waals surface area contributed by atoms with Gasteiger partial charge in [-0.25, -0.2) is 0 Å². The predicted molar refractivity (Wildman–Crippen MR) is 106 cm³/mol. The van der Waals surface area contributed by atoms with E-state index in [1.807, 2.05) is 13.8 Å². The molecule has 1 saturated heterocycles. The molecule has 2 N–H and O–H groups in total. The monoisotopic (exact) mass is 380 g/mol. The molecule has 1 aliphatic heterocycles. The minimum atomic E-state index is -0.114. The number of rotatable bonds is 8. The quantitative estimate of drug-likeness (QED) is 0.291. The Balaban J connectivity index is 1.78. The number of amides is 1. The van der Waals surface area contributed by atoms with Crippen molar-refractivity contribution in [3.8, 4) is 0 Å². The number of ether oxygens (including phenoxy) is 1. The first-order valence-corrected chi connectivity index (χ1v) is 10.6. The van der Waals surface area contributed by atoms with Gasteiger partial charge in [0.15, 0.2) is 5.96 Å². The maximum absolute atomic E-state index is 12.0. The van der Waals surface area contributed by atoms with Crippen LogP contribution in [0.1, 0.15) is 58.8 Å². The molecule has 27 heavy (non-hydrogen) atoms. The highest BCUT2D eigenvalue weighted by molar-refractivity contribution is 5.81. The van der Waals surface area contributed by atoms with E-state index >= 15 is 0 Å². The fourth-order valence-electron chi connectivity index (χ4n) is 3.95. The predicted octanol–water partition coefficient (Wildman–Crippen LogP) is 1.92. The van der Waals surface area contributed by atoms with E-state index in [1.54, 1.807) is 0 Å². The van der Waals surface area contributed by atoms with Gasteiger partial charge in [-0.2, -0.15) is 0 Å². The Labute approximate surface area is 163 Å². The number of likely N-dealkylation sites (tertiary alicyclic amines) is 1. The average molecular weight is 381 g/mol. The molecule has 154 valence electrons. The van der Waals surface area contributed by atoms with E-state index in [9.17, 15) is 9.59 Å². The number of nitrogens with zero attached hydrogens (tertiary/aromatic N) is 2. The van der Waals surface area contributed by atoms with Crippen molar-refractivity contribution in [2.75, 3.05) is 39.3 Å². The first-order valence-electron chi connectivity index (χ1n) is 10.6. The van der Waals surface area contributed by atoms with Crippen LogP contribution in [0.2, 0.25) is 0 Å². The van der Waals surface area contributed by atoms with Crippen LogP contribution in [0.25, 0.3) is 0 Å². The van der Waals surface area contributed by atoms with Gasteiger partial charge in [-0.15, -0.1) is 0 Å². The fourth-order valence-corrected chi connectivity index (χ4v) is 3.95. The number of aliphatic imine (C=N–C) groups is 1. The summed E-state index contributed by atoms with van der Waals surface area (Å²) in [7, 11) is 0. The van der Waals surface area contributed by atoms with Crippen LogP contribution in [0, 0.1) is 11.8 Å². The second-order valence-corrected chi connectivity index (χ2v) is 7.48. The van der Waals surface area contributed by atoms with Gasteiger partial charge in [-0.1, -0.05) is 12.8 Å². The summed E-state index contributed by atoms with van der Waals surface area (Å²) in [6.07, 6.45) is 7.36. The smallest absolute Gasteiger partial charge is 0.310 e. The van der Waals surface area contributed by atoms with Crippen LogP contribution in [0.3, 0.4) is 0 Å². The Morgan fingerprint density at radius 1 is 1.11 bits per heavy atom. The second-order valence-electron chi connectivity index (χ2n) is 7.48. The van der Waals surface area contributed by atoms with Crippen molar-refractivity contribution < 1.29 is 14.3 Å². The highest BCUT2D eigenvalue weighted by Crippen LogP contribution is 2.27. The summed E-state index contributed by atoms with van der Waals surface area (Å²) < 4.78 is 5.18. The summed E-state index contributed by atoms with van der Waals surface area (Å²) in [4.78, 5) is 30.8. The third-order valence-electron chi connectivity index (χ3n) is 5.32. The second kappa shape index (κ2) is 11.8. The maximum atomic E-state index is 12.0. The molecule has 0 aromatic carbocycles. The van der Waals surface area contributed by atoms with Gasteiger partial charge in [0.1, 0.15) is 0 Å². The van der Waals surface area contributed by atoms with Crippen LogP contribution in [-0.4, -0.2) is 62.1 Å². The van der Waals surface area contributed by atoms with Crippen molar-refractivity contribution in [1.29, 1.82) is 0 Å². The number of esters is 1. The lowest BCUT2D eigenvalue weighted by Gasteiger charge is -2.34. The zero-order valence-corrected chi connectivity index (χ0v) is 17.0. The molecule has 1 aliphatic carbocycles. The molecule has 2 aliphatic rings. The lowest BCUT2D eigenvalue weighted by atomic mass is 9.98. The van der Waals surface area contributed by atoms with Gasteiger partial charge in [-0.3, -0.25) is 14.6 Å². The zero-order valence-electron chi connectivity index (χ0n) is 17.0. The number of carbonyl (C=O) groups is 2. The molecule has 0 bridgehead atoms. The Hall–Kier alpha value is -1.79. The molecule has 1 heterocycles. The minimum absolute atomic E-state index is 0.0892. The van der Waals surface area contributed by atoms with Crippen LogP contribution in [0.5, 0.6) is 0 Å². The van der Waals surface area contributed by atoms with Gasteiger partial charge in [0.25, 0.3) is 0 Å². The molecule has 7 heteroatoms. The molecule has 2 rings (SSSR count). The first-order chi connectivity index (χ1) is 13.1. The van der Waals surface area contributed by atoms with Gasteiger partial charge in [-0.05, 0) is 45.4 Å². The normalized spacial score (nSPS) is 21.2. The zero-order chi connectivity index (χ0) is 19.5. The van der Waals surface area contributed by atoms with E-state index in [1.165, 1.54) is 25.7 Å². The Morgan fingerprint density at radius 3 is 2.59 bits per heavy atom. The molecular weight excluding hydrogens is 344 g/mol. The molecular formula is C20H36N4O3. The molecule has 0 spiro atoms. The lowest BCUT2D eigenvalue weighted by molar-refractivity contribution is -0.149. The summed E-state index contributed by atoms with van der Waals surface area (Å²) in [6, 6.07) is 0. The molecule has 7 nitrogen and oxygen atoms in total. The summed E-state index contributed by atoms with van der Waals surface area (Å²) >= 11 is 0. The standard InChI is InChI=1S/C20H36N4O3/c1-3-21-20(24-13-7-10-17(15-24)19(26)27-4-2)23-12-11-22-18(25)14-16-8-5-6-9-16/h16-17H,3-15H2,1-2H3,(H,21,23)(H,22,25). The molecule has 0 aromatic rings. The van der Waals surface area contributed by atoms with Crippen LogP contribution in [0.4, 0.5) is 0 Å². The Kier molecular flexibility index (Phi) is 9.42. The molecule has 1 saturated carbocycles. The van der Waals surface area contributed by atoms with E-state index in [0.717, 1.165) is 31.9 Å². The lowest BCUT2D eigenvalue weighted by Crippen LogP contribution is -2.48. The number of piperidine rings is 1. The average Bonchev–Trinajstić information content (AvgIpc) is 3.17. The van der Waals surface area contributed by atoms with Crippen molar-refractivity contribution in [1.82, 2.24) is 15.5 Å². The molecule has 1 amide bonds. The first kappa shape index (κ1) is 21.5. The molecule has 0 radical (unpaired) electrons. The maximum Gasteiger partial charge on any atom is 0.310 e. The largest absolute Gasteiger partial charge is 0.466 e. The third-order valence-corrected chi connectivity index (χ3v) is 5.32. The highest BCUT2D eigenvalue weighted by atomic mass is 16.5. The summed E-state index contributed by atoms with van der Waals surface area (Å²) in [5.41, 5.74) is 0.